The van der Waals surface area contributed by atoms with Gasteiger partial charge >= 0.3 is 0 Å². The summed E-state index contributed by atoms with van der Waals surface area (Å²) in [7, 11) is 0. The largest absolute Gasteiger partial charge is 0.237 e. The van der Waals surface area contributed by atoms with Gasteiger partial charge in [0.2, 0.25) is 0 Å². The van der Waals surface area contributed by atoms with Gasteiger partial charge in [-0.3, -0.25) is 0 Å². The summed E-state index contributed by atoms with van der Waals surface area (Å²) >= 11 is 5.76. The fourth-order valence-corrected chi connectivity index (χ4v) is 1.98. The van der Waals surface area contributed by atoms with E-state index in [2.05, 4.69) is 11.2 Å². The van der Waals surface area contributed by atoms with Gasteiger partial charge in [-0.25, -0.2) is 4.68 Å². The molecule has 17 heavy (non-hydrogen) atoms. The lowest BCUT2D eigenvalue weighted by Gasteiger charge is -2.07. The number of aryl methyl sites for hydroxylation is 2. The van der Waals surface area contributed by atoms with Crippen molar-refractivity contribution >= 4 is 11.6 Å². The molecule has 86 valence electrons. The van der Waals surface area contributed by atoms with Crippen LogP contribution in [0.4, 0.5) is 0 Å². The van der Waals surface area contributed by atoms with Gasteiger partial charge in [0.05, 0.1) is 16.9 Å². The lowest BCUT2D eigenvalue weighted by molar-refractivity contribution is 0.830. The van der Waals surface area contributed by atoms with E-state index >= 15 is 0 Å². The highest BCUT2D eigenvalue weighted by molar-refractivity contribution is 6.17. The van der Waals surface area contributed by atoms with Crippen molar-refractivity contribution in [2.24, 2.45) is 0 Å². The van der Waals surface area contributed by atoms with Crippen molar-refractivity contribution in [1.82, 2.24) is 9.78 Å². The quantitative estimate of drug-likeness (QED) is 0.763. The standard InChI is InChI=1S/C13H12ClN3/c1-9-5-10(2)17(16-9)13-4-3-11(7-14)6-12(13)8-15/h3-6H,7H2,1-2H3. The van der Waals surface area contributed by atoms with Gasteiger partial charge in [-0.2, -0.15) is 10.4 Å². The summed E-state index contributed by atoms with van der Waals surface area (Å²) in [5, 5.41) is 13.5. The summed E-state index contributed by atoms with van der Waals surface area (Å²) in [6, 6.07) is 9.77. The van der Waals surface area contributed by atoms with E-state index in [1.54, 1.807) is 10.7 Å². The van der Waals surface area contributed by atoms with Crippen LogP contribution < -0.4 is 0 Å². The number of nitrogens with zero attached hydrogens (tertiary/aromatic N) is 3. The Morgan fingerprint density at radius 2 is 2.12 bits per heavy atom. The average molecular weight is 246 g/mol. The number of halogens is 1. The Hall–Kier alpha value is -1.79. The fraction of sp³-hybridized carbons (Fsp3) is 0.231. The Labute approximate surface area is 105 Å². The SMILES string of the molecule is Cc1cc(C)n(-c2ccc(CCl)cc2C#N)n1. The predicted octanol–water partition coefficient (Wildman–Crippen LogP) is 3.10. The molecular weight excluding hydrogens is 234 g/mol. The average Bonchev–Trinajstić information content (AvgIpc) is 2.67. The zero-order valence-corrected chi connectivity index (χ0v) is 10.5. The highest BCUT2D eigenvalue weighted by Crippen LogP contribution is 2.19. The highest BCUT2D eigenvalue weighted by atomic mass is 35.5. The molecule has 0 bridgehead atoms. The maximum absolute atomic E-state index is 9.16. The molecule has 0 radical (unpaired) electrons. The lowest BCUT2D eigenvalue weighted by Crippen LogP contribution is -2.02. The number of rotatable bonds is 2. The molecule has 0 aliphatic heterocycles. The molecule has 1 heterocycles. The fourth-order valence-electron chi connectivity index (χ4n) is 1.81. The van der Waals surface area contributed by atoms with Crippen LogP contribution >= 0.6 is 11.6 Å². The monoisotopic (exact) mass is 245 g/mol. The Balaban J connectivity index is 2.60. The zero-order chi connectivity index (χ0) is 12.4. The predicted molar refractivity (Wildman–Crippen MR) is 67.3 cm³/mol. The van der Waals surface area contributed by atoms with Crippen molar-refractivity contribution < 1.29 is 0 Å². The van der Waals surface area contributed by atoms with Crippen LogP contribution in [0.25, 0.3) is 5.69 Å². The summed E-state index contributed by atoms with van der Waals surface area (Å²) in [4.78, 5) is 0. The van der Waals surface area contributed by atoms with Crippen LogP contribution in [0.3, 0.4) is 0 Å². The minimum Gasteiger partial charge on any atom is -0.237 e. The van der Waals surface area contributed by atoms with Crippen LogP contribution in [0.5, 0.6) is 0 Å². The number of benzene rings is 1. The van der Waals surface area contributed by atoms with Crippen LogP contribution in [0.2, 0.25) is 0 Å². The highest BCUT2D eigenvalue weighted by Gasteiger charge is 2.09. The van der Waals surface area contributed by atoms with Crippen LogP contribution in [-0.2, 0) is 5.88 Å². The zero-order valence-electron chi connectivity index (χ0n) is 9.74. The smallest absolute Gasteiger partial charge is 0.101 e. The molecule has 0 atom stereocenters. The summed E-state index contributed by atoms with van der Waals surface area (Å²) in [5.41, 5.74) is 4.28. The van der Waals surface area contributed by atoms with Gasteiger partial charge in [0, 0.05) is 11.6 Å². The number of aromatic nitrogens is 2. The second-order valence-corrected chi connectivity index (χ2v) is 4.20. The molecule has 0 amide bonds. The van der Waals surface area contributed by atoms with Gasteiger partial charge in [0.25, 0.3) is 0 Å². The van der Waals surface area contributed by atoms with E-state index in [4.69, 9.17) is 16.9 Å². The normalized spacial score (nSPS) is 10.2. The van der Waals surface area contributed by atoms with Crippen molar-refractivity contribution in [1.29, 1.82) is 5.26 Å². The van der Waals surface area contributed by atoms with Crippen molar-refractivity contribution in [2.75, 3.05) is 0 Å². The first-order chi connectivity index (χ1) is 8.15. The third-order valence-corrected chi connectivity index (χ3v) is 2.88. The van der Waals surface area contributed by atoms with E-state index in [1.165, 1.54) is 0 Å². The Morgan fingerprint density at radius 1 is 1.35 bits per heavy atom. The molecule has 0 aliphatic rings. The summed E-state index contributed by atoms with van der Waals surface area (Å²) in [5.74, 6) is 0.409. The molecule has 4 heteroatoms. The number of nitriles is 1. The molecular formula is C13H12ClN3. The van der Waals surface area contributed by atoms with Crippen molar-refractivity contribution in [3.05, 3.63) is 46.8 Å². The molecule has 0 saturated carbocycles. The lowest BCUT2D eigenvalue weighted by atomic mass is 10.1. The molecule has 0 N–H and O–H groups in total. The molecule has 0 unspecified atom stereocenters. The molecule has 0 saturated heterocycles. The molecule has 1 aromatic heterocycles. The van der Waals surface area contributed by atoms with E-state index in [0.717, 1.165) is 22.6 Å². The van der Waals surface area contributed by atoms with Gasteiger partial charge < -0.3 is 0 Å². The Bertz CT molecular complexity index is 593. The van der Waals surface area contributed by atoms with Crippen LogP contribution in [0.15, 0.2) is 24.3 Å². The maximum atomic E-state index is 9.16. The van der Waals surface area contributed by atoms with Gasteiger partial charge in [0.15, 0.2) is 0 Å². The molecule has 1 aromatic carbocycles. The first kappa shape index (κ1) is 11.7. The summed E-state index contributed by atoms with van der Waals surface area (Å²) in [6.07, 6.45) is 0. The van der Waals surface area contributed by atoms with Crippen molar-refractivity contribution in [3.8, 4) is 11.8 Å². The summed E-state index contributed by atoms with van der Waals surface area (Å²) < 4.78 is 1.78. The second-order valence-electron chi connectivity index (χ2n) is 3.94. The molecule has 3 nitrogen and oxygen atoms in total. The van der Waals surface area contributed by atoms with E-state index in [-0.39, 0.29) is 0 Å². The van der Waals surface area contributed by atoms with E-state index in [9.17, 15) is 0 Å². The molecule has 2 rings (SSSR count). The molecule has 0 spiro atoms. The minimum absolute atomic E-state index is 0.409. The van der Waals surface area contributed by atoms with Crippen molar-refractivity contribution in [3.63, 3.8) is 0 Å². The van der Waals surface area contributed by atoms with E-state index in [0.29, 0.717) is 11.4 Å². The minimum atomic E-state index is 0.409. The van der Waals surface area contributed by atoms with E-state index < -0.39 is 0 Å². The Morgan fingerprint density at radius 3 is 2.65 bits per heavy atom. The molecule has 0 aliphatic carbocycles. The first-order valence-corrected chi connectivity index (χ1v) is 5.82. The number of alkyl halides is 1. The summed E-state index contributed by atoms with van der Waals surface area (Å²) in [6.45, 7) is 3.90. The molecule has 0 fully saturated rings. The van der Waals surface area contributed by atoms with Crippen LogP contribution in [0, 0.1) is 25.2 Å². The van der Waals surface area contributed by atoms with Crippen LogP contribution in [0.1, 0.15) is 22.5 Å². The second kappa shape index (κ2) is 4.60. The third-order valence-electron chi connectivity index (χ3n) is 2.57. The number of hydrogen-bond donors (Lipinski definition) is 0. The third kappa shape index (κ3) is 2.17. The van der Waals surface area contributed by atoms with Crippen LogP contribution in [-0.4, -0.2) is 9.78 Å². The topological polar surface area (TPSA) is 41.6 Å². The Kier molecular flexibility index (Phi) is 3.16. The van der Waals surface area contributed by atoms with Crippen molar-refractivity contribution in [2.45, 2.75) is 19.7 Å². The van der Waals surface area contributed by atoms with Gasteiger partial charge in [-0.15, -0.1) is 11.6 Å². The first-order valence-electron chi connectivity index (χ1n) is 5.28. The molecule has 2 aromatic rings. The van der Waals surface area contributed by atoms with E-state index in [1.807, 2.05) is 32.0 Å². The number of hydrogen-bond acceptors (Lipinski definition) is 2. The van der Waals surface area contributed by atoms with Gasteiger partial charge in [-0.05, 0) is 37.6 Å². The van der Waals surface area contributed by atoms with Gasteiger partial charge in [0.1, 0.15) is 6.07 Å². The van der Waals surface area contributed by atoms with Gasteiger partial charge in [-0.1, -0.05) is 6.07 Å². The maximum Gasteiger partial charge on any atom is 0.101 e.